The smallest absolute Gasteiger partial charge is 0.305 e. The van der Waals surface area contributed by atoms with Crippen molar-refractivity contribution in [1.82, 2.24) is 9.97 Å². The third kappa shape index (κ3) is 12.7. The Morgan fingerprint density at radius 1 is 1.06 bits per heavy atom. The summed E-state index contributed by atoms with van der Waals surface area (Å²) in [5.74, 6) is 1.19. The maximum atomic E-state index is 11.1. The van der Waals surface area contributed by atoms with Gasteiger partial charge in [-0.25, -0.2) is 4.98 Å². The number of aromatic nitrogens is 2. The van der Waals surface area contributed by atoms with Gasteiger partial charge in [-0.3, -0.25) is 4.79 Å². The number of unbranched alkanes of at least 4 members (excludes halogenated alkanes) is 2. The molecule has 1 heterocycles. The highest BCUT2D eigenvalue weighted by Crippen LogP contribution is 2.32. The molecule has 1 aromatic heterocycles. The second-order valence-corrected chi connectivity index (χ2v) is 10.00. The van der Waals surface area contributed by atoms with Crippen LogP contribution < -0.4 is 4.90 Å². The van der Waals surface area contributed by atoms with Crippen molar-refractivity contribution >= 4 is 35.1 Å². The molecule has 0 radical (unpaired) electrons. The average Bonchev–Trinajstić information content (AvgIpc) is 3.16. The summed E-state index contributed by atoms with van der Waals surface area (Å²) >= 11 is 12.3. The summed E-state index contributed by atoms with van der Waals surface area (Å²) in [6.07, 6.45) is 4.12. The second kappa shape index (κ2) is 17.7. The summed E-state index contributed by atoms with van der Waals surface area (Å²) in [7, 11) is 0. The lowest BCUT2D eigenvalue weighted by Gasteiger charge is -2.21. The largest absolute Gasteiger partial charge is 0.481 e. The number of carboxylic acids is 1. The number of carbonyl (C=O) groups is 1. The fourth-order valence-corrected chi connectivity index (χ4v) is 3.39. The van der Waals surface area contributed by atoms with Gasteiger partial charge in [-0.2, -0.15) is 0 Å². The molecule has 34 heavy (non-hydrogen) atoms. The molecule has 0 aliphatic heterocycles. The SMILES string of the molecule is CC.CC(C)C.CCCCCN(CCC(=O)O)c1nc(-c2ccc(Cl)c(Cl)c2)c(CC(C)C)[nH]1. The van der Waals surface area contributed by atoms with Crippen LogP contribution in [0.25, 0.3) is 11.3 Å². The van der Waals surface area contributed by atoms with Gasteiger partial charge in [0.25, 0.3) is 0 Å². The molecule has 5 nitrogen and oxygen atoms in total. The number of H-pyrrole nitrogens is 1. The Balaban J connectivity index is 0.00000164. The van der Waals surface area contributed by atoms with Crippen LogP contribution in [0.4, 0.5) is 5.95 Å². The fourth-order valence-electron chi connectivity index (χ4n) is 3.09. The normalized spacial score (nSPS) is 10.5. The molecule has 0 fully saturated rings. The van der Waals surface area contributed by atoms with Gasteiger partial charge in [-0.05, 0) is 36.8 Å². The zero-order valence-electron chi connectivity index (χ0n) is 22.3. The van der Waals surface area contributed by atoms with Gasteiger partial charge in [0.15, 0.2) is 0 Å². The Bertz CT molecular complexity index is 833. The minimum atomic E-state index is -0.806. The number of nitrogens with one attached hydrogen (secondary N) is 1. The Hall–Kier alpha value is -1.72. The zero-order valence-corrected chi connectivity index (χ0v) is 23.9. The molecular formula is C27H45Cl2N3O2. The van der Waals surface area contributed by atoms with Gasteiger partial charge in [0.2, 0.25) is 5.95 Å². The molecule has 0 saturated heterocycles. The lowest BCUT2D eigenvalue weighted by molar-refractivity contribution is -0.136. The van der Waals surface area contributed by atoms with Crippen LogP contribution in [0.15, 0.2) is 18.2 Å². The lowest BCUT2D eigenvalue weighted by Crippen LogP contribution is -2.28. The first-order valence-corrected chi connectivity index (χ1v) is 13.3. The van der Waals surface area contributed by atoms with E-state index in [0.717, 1.165) is 55.1 Å². The van der Waals surface area contributed by atoms with Crippen molar-refractivity contribution in [2.75, 3.05) is 18.0 Å². The van der Waals surface area contributed by atoms with Crippen LogP contribution in [0, 0.1) is 11.8 Å². The van der Waals surface area contributed by atoms with Gasteiger partial charge < -0.3 is 15.0 Å². The van der Waals surface area contributed by atoms with Crippen molar-refractivity contribution < 1.29 is 9.90 Å². The van der Waals surface area contributed by atoms with E-state index in [4.69, 9.17) is 33.3 Å². The summed E-state index contributed by atoms with van der Waals surface area (Å²) in [4.78, 5) is 21.4. The summed E-state index contributed by atoms with van der Waals surface area (Å²) < 4.78 is 0. The van der Waals surface area contributed by atoms with Crippen LogP contribution >= 0.6 is 23.2 Å². The number of carboxylic acid groups (broad SMARTS) is 1. The first kappa shape index (κ1) is 32.3. The van der Waals surface area contributed by atoms with E-state index in [1.54, 1.807) is 6.07 Å². The maximum absolute atomic E-state index is 11.1. The van der Waals surface area contributed by atoms with Crippen molar-refractivity contribution in [3.05, 3.63) is 33.9 Å². The third-order valence-corrected chi connectivity index (χ3v) is 5.24. The fraction of sp³-hybridized carbons (Fsp3) is 0.630. The molecule has 0 amide bonds. The van der Waals surface area contributed by atoms with Crippen LogP contribution in [-0.2, 0) is 11.2 Å². The van der Waals surface area contributed by atoms with E-state index in [1.807, 2.05) is 30.9 Å². The van der Waals surface area contributed by atoms with Gasteiger partial charge >= 0.3 is 5.97 Å². The number of hydrogen-bond donors (Lipinski definition) is 2. The quantitative estimate of drug-likeness (QED) is 0.294. The number of aliphatic carboxylic acids is 1. The first-order chi connectivity index (χ1) is 16.0. The molecule has 0 spiro atoms. The molecule has 2 rings (SSSR count). The monoisotopic (exact) mass is 513 g/mol. The predicted molar refractivity (Wildman–Crippen MR) is 148 cm³/mol. The standard InChI is InChI=1S/C21H29Cl2N3O2.C4H10.C2H6/c1-4-5-6-10-26(11-9-19(27)28)21-24-18(12-14(2)3)20(25-21)15-7-8-16(22)17(23)13-15;1-4(2)3;1-2/h7-8,13-14H,4-6,9-12H2,1-3H3,(H,24,25)(H,27,28);4H,1-3H3;1-2H3. The molecule has 2 aromatic rings. The number of anilines is 1. The summed E-state index contributed by atoms with van der Waals surface area (Å²) in [5, 5.41) is 10.1. The number of nitrogens with zero attached hydrogens (tertiary/aromatic N) is 2. The molecule has 1 aromatic carbocycles. The molecular weight excluding hydrogens is 469 g/mol. The van der Waals surface area contributed by atoms with Crippen molar-refractivity contribution in [3.63, 3.8) is 0 Å². The highest BCUT2D eigenvalue weighted by Gasteiger charge is 2.19. The maximum Gasteiger partial charge on any atom is 0.305 e. The van der Waals surface area contributed by atoms with Gasteiger partial charge in [-0.15, -0.1) is 0 Å². The predicted octanol–water partition coefficient (Wildman–Crippen LogP) is 8.74. The number of halogens is 2. The van der Waals surface area contributed by atoms with Crippen molar-refractivity contribution in [2.45, 2.75) is 87.5 Å². The Labute approximate surface area is 217 Å². The van der Waals surface area contributed by atoms with Gasteiger partial charge in [0.1, 0.15) is 0 Å². The van der Waals surface area contributed by atoms with E-state index in [0.29, 0.717) is 28.5 Å². The number of aromatic amines is 1. The number of rotatable bonds is 11. The van der Waals surface area contributed by atoms with E-state index in [-0.39, 0.29) is 6.42 Å². The molecule has 0 aliphatic rings. The Kier molecular flexibility index (Phi) is 16.8. The van der Waals surface area contributed by atoms with E-state index >= 15 is 0 Å². The minimum absolute atomic E-state index is 0.0778. The third-order valence-electron chi connectivity index (χ3n) is 4.50. The summed E-state index contributed by atoms with van der Waals surface area (Å²) in [6, 6.07) is 5.51. The number of hydrogen-bond acceptors (Lipinski definition) is 3. The zero-order chi connectivity index (χ0) is 26.3. The summed E-state index contributed by atoms with van der Waals surface area (Å²) in [6.45, 7) is 18.2. The number of imidazole rings is 1. The van der Waals surface area contributed by atoms with Crippen molar-refractivity contribution in [3.8, 4) is 11.3 Å². The molecule has 194 valence electrons. The topological polar surface area (TPSA) is 69.2 Å². The van der Waals surface area contributed by atoms with Crippen molar-refractivity contribution in [1.29, 1.82) is 0 Å². The second-order valence-electron chi connectivity index (χ2n) is 9.18. The molecule has 0 saturated carbocycles. The highest BCUT2D eigenvalue weighted by molar-refractivity contribution is 6.42. The van der Waals surface area contributed by atoms with Crippen LogP contribution in [0.3, 0.4) is 0 Å². The van der Waals surface area contributed by atoms with Gasteiger partial charge in [0, 0.05) is 24.3 Å². The molecule has 0 atom stereocenters. The van der Waals surface area contributed by atoms with Crippen molar-refractivity contribution in [2.24, 2.45) is 11.8 Å². The highest BCUT2D eigenvalue weighted by atomic mass is 35.5. The lowest BCUT2D eigenvalue weighted by atomic mass is 10.0. The first-order valence-electron chi connectivity index (χ1n) is 12.6. The van der Waals surface area contributed by atoms with E-state index < -0.39 is 5.97 Å². The van der Waals surface area contributed by atoms with Gasteiger partial charge in [0.05, 0.1) is 22.2 Å². The summed E-state index contributed by atoms with van der Waals surface area (Å²) in [5.41, 5.74) is 2.77. The number of benzene rings is 1. The molecule has 0 unspecified atom stereocenters. The van der Waals surface area contributed by atoms with Crippen LogP contribution in [0.2, 0.25) is 10.0 Å². The Morgan fingerprint density at radius 2 is 1.68 bits per heavy atom. The van der Waals surface area contributed by atoms with E-state index in [2.05, 4.69) is 46.5 Å². The van der Waals surface area contributed by atoms with E-state index in [9.17, 15) is 4.79 Å². The molecule has 0 aliphatic carbocycles. The molecule has 0 bridgehead atoms. The Morgan fingerprint density at radius 3 is 2.18 bits per heavy atom. The average molecular weight is 515 g/mol. The minimum Gasteiger partial charge on any atom is -0.481 e. The molecule has 7 heteroatoms. The van der Waals surface area contributed by atoms with Crippen LogP contribution in [-0.4, -0.2) is 34.1 Å². The van der Waals surface area contributed by atoms with Crippen LogP contribution in [0.5, 0.6) is 0 Å². The van der Waals surface area contributed by atoms with Crippen LogP contribution in [0.1, 0.15) is 86.8 Å². The van der Waals surface area contributed by atoms with E-state index in [1.165, 1.54) is 0 Å². The molecule has 2 N–H and O–H groups in total. The van der Waals surface area contributed by atoms with Gasteiger partial charge in [-0.1, -0.05) is 97.5 Å².